The number of aliphatic hydroxyl groups excluding tert-OH is 4. The standard InChI is InChI=1S/C13H22N4O5S/c1-17(2)8-4-7(15-13(16-8)23-3)14-12-11(21)10(20)9(19)6(5-18)22-12/h4,6,9-12,18-21H,5H2,1-3H3,(H,14,15,16)/t6-,9-,10+,11-,12-/m1/s1. The first-order valence-electron chi connectivity index (χ1n) is 7.04. The minimum absolute atomic E-state index is 0.400. The van der Waals surface area contributed by atoms with Gasteiger partial charge in [0.1, 0.15) is 36.1 Å². The molecule has 1 aliphatic rings. The van der Waals surface area contributed by atoms with Crippen LogP contribution in [-0.2, 0) is 4.74 Å². The van der Waals surface area contributed by atoms with E-state index in [4.69, 9.17) is 4.74 Å². The van der Waals surface area contributed by atoms with Gasteiger partial charge in [-0.05, 0) is 6.26 Å². The molecular weight excluding hydrogens is 324 g/mol. The van der Waals surface area contributed by atoms with Crippen LogP contribution >= 0.6 is 11.8 Å². The van der Waals surface area contributed by atoms with Crippen molar-refractivity contribution >= 4 is 23.4 Å². The molecule has 1 fully saturated rings. The summed E-state index contributed by atoms with van der Waals surface area (Å²) in [6, 6.07) is 1.67. The lowest BCUT2D eigenvalue weighted by Crippen LogP contribution is -2.60. The molecule has 0 spiro atoms. The molecule has 0 unspecified atom stereocenters. The second kappa shape index (κ2) is 7.60. The quantitative estimate of drug-likeness (QED) is 0.316. The SMILES string of the molecule is CSc1nc(N[C@@H]2O[C@H](CO)[C@@H](O)[C@H](O)[C@H]2O)cc(N(C)C)n1. The Morgan fingerprint density at radius 3 is 2.48 bits per heavy atom. The van der Waals surface area contributed by atoms with Crippen LogP contribution in [0.25, 0.3) is 0 Å². The van der Waals surface area contributed by atoms with E-state index in [1.165, 1.54) is 11.8 Å². The third kappa shape index (κ3) is 4.03. The van der Waals surface area contributed by atoms with Crippen LogP contribution in [0, 0.1) is 0 Å². The molecule has 1 aromatic rings. The zero-order valence-electron chi connectivity index (χ0n) is 13.1. The van der Waals surface area contributed by atoms with Crippen molar-refractivity contribution in [2.24, 2.45) is 0 Å². The fourth-order valence-electron chi connectivity index (χ4n) is 2.17. The first-order chi connectivity index (χ1) is 10.9. The third-order valence-electron chi connectivity index (χ3n) is 3.52. The molecule has 0 saturated carbocycles. The van der Waals surface area contributed by atoms with Crippen LogP contribution < -0.4 is 10.2 Å². The Balaban J connectivity index is 2.21. The number of aromatic nitrogens is 2. The molecule has 1 saturated heterocycles. The van der Waals surface area contributed by atoms with Gasteiger partial charge in [-0.15, -0.1) is 0 Å². The molecule has 23 heavy (non-hydrogen) atoms. The molecule has 10 heteroatoms. The Kier molecular flexibility index (Phi) is 6.00. The van der Waals surface area contributed by atoms with Crippen molar-refractivity contribution in [2.45, 2.75) is 35.8 Å². The highest BCUT2D eigenvalue weighted by molar-refractivity contribution is 7.98. The predicted octanol–water partition coefficient (Wildman–Crippen LogP) is -1.52. The number of nitrogens with zero attached hydrogens (tertiary/aromatic N) is 3. The lowest BCUT2D eigenvalue weighted by Gasteiger charge is -2.40. The van der Waals surface area contributed by atoms with Gasteiger partial charge in [-0.1, -0.05) is 11.8 Å². The maximum Gasteiger partial charge on any atom is 0.191 e. The molecule has 5 N–H and O–H groups in total. The second-order valence-electron chi connectivity index (χ2n) is 5.39. The average molecular weight is 346 g/mol. The summed E-state index contributed by atoms with van der Waals surface area (Å²) in [5, 5.41) is 42.3. The van der Waals surface area contributed by atoms with Gasteiger partial charge in [-0.3, -0.25) is 0 Å². The lowest BCUT2D eigenvalue weighted by atomic mass is 9.98. The summed E-state index contributed by atoms with van der Waals surface area (Å²) in [7, 11) is 3.67. The second-order valence-corrected chi connectivity index (χ2v) is 6.16. The van der Waals surface area contributed by atoms with Crippen LogP contribution in [-0.4, -0.2) is 88.0 Å². The molecule has 1 aromatic heterocycles. The molecule has 5 atom stereocenters. The van der Waals surface area contributed by atoms with Crippen molar-refractivity contribution in [2.75, 3.05) is 37.2 Å². The Morgan fingerprint density at radius 1 is 1.22 bits per heavy atom. The van der Waals surface area contributed by atoms with E-state index >= 15 is 0 Å². The van der Waals surface area contributed by atoms with Crippen LogP contribution in [0.1, 0.15) is 0 Å². The third-order valence-corrected chi connectivity index (χ3v) is 4.06. The summed E-state index contributed by atoms with van der Waals surface area (Å²) >= 11 is 1.36. The minimum atomic E-state index is -1.44. The zero-order valence-corrected chi connectivity index (χ0v) is 13.9. The van der Waals surface area contributed by atoms with Crippen molar-refractivity contribution < 1.29 is 25.2 Å². The normalized spacial score (nSPS) is 31.0. The average Bonchev–Trinajstić information content (AvgIpc) is 2.54. The van der Waals surface area contributed by atoms with Gasteiger partial charge in [0.15, 0.2) is 11.4 Å². The molecule has 0 aromatic carbocycles. The molecule has 0 bridgehead atoms. The summed E-state index contributed by atoms with van der Waals surface area (Å²) in [4.78, 5) is 10.4. The van der Waals surface area contributed by atoms with E-state index in [-0.39, 0.29) is 0 Å². The Bertz CT molecular complexity index is 533. The van der Waals surface area contributed by atoms with E-state index < -0.39 is 37.3 Å². The topological polar surface area (TPSA) is 131 Å². The zero-order chi connectivity index (χ0) is 17.1. The number of anilines is 2. The molecule has 0 aliphatic carbocycles. The summed E-state index contributed by atoms with van der Waals surface area (Å²) in [5.41, 5.74) is 0. The van der Waals surface area contributed by atoms with Crippen molar-refractivity contribution in [1.82, 2.24) is 9.97 Å². The first kappa shape index (κ1) is 18.2. The van der Waals surface area contributed by atoms with E-state index in [0.29, 0.717) is 16.8 Å². The molecule has 0 radical (unpaired) electrons. The van der Waals surface area contributed by atoms with Gasteiger partial charge in [-0.25, -0.2) is 9.97 Å². The van der Waals surface area contributed by atoms with Gasteiger partial charge >= 0.3 is 0 Å². The number of ether oxygens (including phenoxy) is 1. The van der Waals surface area contributed by atoms with E-state index in [2.05, 4.69) is 15.3 Å². The molecular formula is C13H22N4O5S. The highest BCUT2D eigenvalue weighted by atomic mass is 32.2. The molecule has 9 nitrogen and oxygen atoms in total. The van der Waals surface area contributed by atoms with Gasteiger partial charge in [0.05, 0.1) is 6.61 Å². The Labute approximate surface area is 138 Å². The van der Waals surface area contributed by atoms with Gasteiger partial charge in [0.2, 0.25) is 0 Å². The summed E-state index contributed by atoms with van der Waals surface area (Å²) in [6.07, 6.45) is -4.35. The van der Waals surface area contributed by atoms with Crippen LogP contribution in [0.4, 0.5) is 11.6 Å². The van der Waals surface area contributed by atoms with Gasteiger partial charge < -0.3 is 35.4 Å². The highest BCUT2D eigenvalue weighted by Crippen LogP contribution is 2.24. The van der Waals surface area contributed by atoms with E-state index in [9.17, 15) is 20.4 Å². The van der Waals surface area contributed by atoms with Gasteiger partial charge in [-0.2, -0.15) is 0 Å². The van der Waals surface area contributed by atoms with E-state index in [1.807, 2.05) is 20.4 Å². The largest absolute Gasteiger partial charge is 0.394 e. The maximum atomic E-state index is 10.0. The predicted molar refractivity (Wildman–Crippen MR) is 85.5 cm³/mol. The van der Waals surface area contributed by atoms with Crippen molar-refractivity contribution in [3.63, 3.8) is 0 Å². The molecule has 0 amide bonds. The number of hydrogen-bond donors (Lipinski definition) is 5. The minimum Gasteiger partial charge on any atom is -0.394 e. The van der Waals surface area contributed by atoms with Gasteiger partial charge in [0, 0.05) is 20.2 Å². The summed E-state index contributed by atoms with van der Waals surface area (Å²) in [5.74, 6) is 1.06. The molecule has 1 aliphatic heterocycles. The monoisotopic (exact) mass is 346 g/mol. The van der Waals surface area contributed by atoms with Crippen molar-refractivity contribution in [1.29, 1.82) is 0 Å². The lowest BCUT2D eigenvalue weighted by molar-refractivity contribution is -0.221. The fraction of sp³-hybridized carbons (Fsp3) is 0.692. The highest BCUT2D eigenvalue weighted by Gasteiger charge is 2.43. The van der Waals surface area contributed by atoms with E-state index in [1.54, 1.807) is 11.0 Å². The van der Waals surface area contributed by atoms with Crippen molar-refractivity contribution in [3.05, 3.63) is 6.07 Å². The van der Waals surface area contributed by atoms with Gasteiger partial charge in [0.25, 0.3) is 0 Å². The number of aliphatic hydroxyl groups is 4. The van der Waals surface area contributed by atoms with Crippen LogP contribution in [0.15, 0.2) is 11.2 Å². The molecule has 2 rings (SSSR count). The number of thioether (sulfide) groups is 1. The molecule has 2 heterocycles. The fourth-order valence-corrected chi connectivity index (χ4v) is 2.55. The van der Waals surface area contributed by atoms with Crippen LogP contribution in [0.5, 0.6) is 0 Å². The number of nitrogens with one attached hydrogen (secondary N) is 1. The Hall–Kier alpha value is -1.17. The van der Waals surface area contributed by atoms with Crippen molar-refractivity contribution in [3.8, 4) is 0 Å². The Morgan fingerprint density at radius 2 is 1.91 bits per heavy atom. The summed E-state index contributed by atoms with van der Waals surface area (Å²) in [6.45, 7) is -0.480. The van der Waals surface area contributed by atoms with Crippen LogP contribution in [0.2, 0.25) is 0 Å². The van der Waals surface area contributed by atoms with E-state index in [0.717, 1.165) is 0 Å². The summed E-state index contributed by atoms with van der Waals surface area (Å²) < 4.78 is 5.41. The number of hydrogen-bond acceptors (Lipinski definition) is 10. The maximum absolute atomic E-state index is 10.0. The molecule has 130 valence electrons. The first-order valence-corrected chi connectivity index (χ1v) is 8.27. The van der Waals surface area contributed by atoms with Crippen LogP contribution in [0.3, 0.4) is 0 Å². The smallest absolute Gasteiger partial charge is 0.191 e. The number of rotatable bonds is 5.